The number of nitrogens with zero attached hydrogens (tertiary/aromatic N) is 1. The Morgan fingerprint density at radius 2 is 1.85 bits per heavy atom. The zero-order valence-electron chi connectivity index (χ0n) is 14.5. The van der Waals surface area contributed by atoms with Crippen molar-refractivity contribution in [2.45, 2.75) is 71.4 Å². The van der Waals surface area contributed by atoms with Gasteiger partial charge >= 0.3 is 5.97 Å². The van der Waals surface area contributed by atoms with Crippen molar-refractivity contribution in [2.24, 2.45) is 0 Å². The summed E-state index contributed by atoms with van der Waals surface area (Å²) < 4.78 is 4.94. The smallest absolute Gasteiger partial charge is 0.325 e. The van der Waals surface area contributed by atoms with E-state index in [0.717, 1.165) is 38.8 Å². The van der Waals surface area contributed by atoms with Crippen LogP contribution in [0.5, 0.6) is 0 Å². The van der Waals surface area contributed by atoms with Crippen molar-refractivity contribution in [2.75, 3.05) is 27.2 Å². The van der Waals surface area contributed by atoms with E-state index in [4.69, 9.17) is 4.74 Å². The van der Waals surface area contributed by atoms with E-state index in [1.165, 1.54) is 7.11 Å². The number of nitrogens with one attached hydrogen (secondary N) is 1. The molecular weight excluding hydrogens is 252 g/mol. The number of carbonyl (C=O) groups is 1. The molecule has 0 bridgehead atoms. The fourth-order valence-corrected chi connectivity index (χ4v) is 2.13. The highest BCUT2D eigenvalue weighted by Gasteiger charge is 2.33. The van der Waals surface area contributed by atoms with E-state index in [-0.39, 0.29) is 11.5 Å². The van der Waals surface area contributed by atoms with Crippen molar-refractivity contribution in [3.05, 3.63) is 0 Å². The number of carbonyl (C=O) groups excluding carboxylic acids is 1. The van der Waals surface area contributed by atoms with E-state index in [1.807, 2.05) is 6.92 Å². The second-order valence-corrected chi connectivity index (χ2v) is 6.44. The quantitative estimate of drug-likeness (QED) is 0.627. The SMILES string of the molecule is CCCNC(C)(CCCN(C)C(C)(C)CC)C(=O)OC. The second-order valence-electron chi connectivity index (χ2n) is 6.44. The molecule has 20 heavy (non-hydrogen) atoms. The summed E-state index contributed by atoms with van der Waals surface area (Å²) in [6, 6.07) is 0. The monoisotopic (exact) mass is 286 g/mol. The van der Waals surface area contributed by atoms with E-state index in [2.05, 4.69) is 45.0 Å². The van der Waals surface area contributed by atoms with Crippen LogP contribution in [-0.2, 0) is 9.53 Å². The first-order chi connectivity index (χ1) is 9.23. The van der Waals surface area contributed by atoms with Crippen molar-refractivity contribution in [1.29, 1.82) is 0 Å². The number of methoxy groups -OCH3 is 1. The van der Waals surface area contributed by atoms with Crippen molar-refractivity contribution in [1.82, 2.24) is 10.2 Å². The minimum Gasteiger partial charge on any atom is -0.468 e. The Bertz CT molecular complexity index is 292. The van der Waals surface area contributed by atoms with Crippen LogP contribution in [0.2, 0.25) is 0 Å². The molecule has 0 rings (SSSR count). The Morgan fingerprint density at radius 1 is 1.25 bits per heavy atom. The fourth-order valence-electron chi connectivity index (χ4n) is 2.13. The molecule has 4 heteroatoms. The Balaban J connectivity index is 4.44. The summed E-state index contributed by atoms with van der Waals surface area (Å²) >= 11 is 0. The molecule has 0 radical (unpaired) electrons. The molecule has 0 aromatic heterocycles. The lowest BCUT2D eigenvalue weighted by molar-refractivity contribution is -0.148. The molecule has 0 aromatic rings. The van der Waals surface area contributed by atoms with Gasteiger partial charge in [0, 0.05) is 5.54 Å². The first-order valence-electron chi connectivity index (χ1n) is 7.78. The van der Waals surface area contributed by atoms with Gasteiger partial charge in [0.15, 0.2) is 0 Å². The molecular formula is C16H34N2O2. The van der Waals surface area contributed by atoms with E-state index in [9.17, 15) is 4.79 Å². The number of rotatable bonds is 10. The van der Waals surface area contributed by atoms with Gasteiger partial charge in [-0.2, -0.15) is 0 Å². The second kappa shape index (κ2) is 8.63. The van der Waals surface area contributed by atoms with Gasteiger partial charge in [0.25, 0.3) is 0 Å². The van der Waals surface area contributed by atoms with Gasteiger partial charge in [-0.15, -0.1) is 0 Å². The third-order valence-corrected chi connectivity index (χ3v) is 4.47. The average Bonchev–Trinajstić information content (AvgIpc) is 2.43. The maximum Gasteiger partial charge on any atom is 0.325 e. The predicted molar refractivity (Wildman–Crippen MR) is 84.9 cm³/mol. The van der Waals surface area contributed by atoms with E-state index in [0.29, 0.717) is 0 Å². The Labute approximate surface area is 125 Å². The van der Waals surface area contributed by atoms with Crippen LogP contribution in [0.3, 0.4) is 0 Å². The molecule has 0 fully saturated rings. The van der Waals surface area contributed by atoms with Gasteiger partial charge in [-0.25, -0.2) is 0 Å². The zero-order valence-corrected chi connectivity index (χ0v) is 14.5. The van der Waals surface area contributed by atoms with Crippen LogP contribution >= 0.6 is 0 Å². The summed E-state index contributed by atoms with van der Waals surface area (Å²) in [5.41, 5.74) is -0.361. The summed E-state index contributed by atoms with van der Waals surface area (Å²) in [7, 11) is 3.61. The lowest BCUT2D eigenvalue weighted by atomic mass is 9.94. The molecule has 0 aliphatic carbocycles. The molecule has 1 atom stereocenters. The lowest BCUT2D eigenvalue weighted by Gasteiger charge is -2.36. The maximum absolute atomic E-state index is 12.0. The summed E-state index contributed by atoms with van der Waals surface area (Å²) in [5.74, 6) is -0.164. The molecule has 0 spiro atoms. The highest BCUT2D eigenvalue weighted by molar-refractivity contribution is 5.80. The maximum atomic E-state index is 12.0. The van der Waals surface area contributed by atoms with Gasteiger partial charge in [0.1, 0.15) is 5.54 Å². The summed E-state index contributed by atoms with van der Waals surface area (Å²) in [6.45, 7) is 12.6. The minimum atomic E-state index is -0.568. The number of hydrogen-bond acceptors (Lipinski definition) is 4. The predicted octanol–water partition coefficient (Wildman–Crippen LogP) is 2.82. The fraction of sp³-hybridized carbons (Fsp3) is 0.938. The molecule has 0 aromatic carbocycles. The largest absolute Gasteiger partial charge is 0.468 e. The molecule has 0 aliphatic rings. The topological polar surface area (TPSA) is 41.6 Å². The van der Waals surface area contributed by atoms with Crippen molar-refractivity contribution >= 4 is 5.97 Å². The van der Waals surface area contributed by atoms with Crippen LogP contribution in [0.15, 0.2) is 0 Å². The van der Waals surface area contributed by atoms with Gasteiger partial charge in [0.2, 0.25) is 0 Å². The zero-order chi connectivity index (χ0) is 15.8. The summed E-state index contributed by atoms with van der Waals surface area (Å²) in [6.07, 6.45) is 3.90. The van der Waals surface area contributed by atoms with Gasteiger partial charge in [-0.3, -0.25) is 4.79 Å². The molecule has 0 saturated carbocycles. The number of esters is 1. The van der Waals surface area contributed by atoms with E-state index < -0.39 is 5.54 Å². The van der Waals surface area contributed by atoms with Gasteiger partial charge in [-0.1, -0.05) is 13.8 Å². The van der Waals surface area contributed by atoms with Crippen LogP contribution < -0.4 is 5.32 Å². The highest BCUT2D eigenvalue weighted by Crippen LogP contribution is 2.19. The van der Waals surface area contributed by atoms with Crippen LogP contribution in [0, 0.1) is 0 Å². The van der Waals surface area contributed by atoms with Crippen molar-refractivity contribution in [3.63, 3.8) is 0 Å². The van der Waals surface area contributed by atoms with Crippen LogP contribution in [0.25, 0.3) is 0 Å². The van der Waals surface area contributed by atoms with Gasteiger partial charge in [0.05, 0.1) is 7.11 Å². The Morgan fingerprint density at radius 3 is 2.30 bits per heavy atom. The van der Waals surface area contributed by atoms with Crippen molar-refractivity contribution < 1.29 is 9.53 Å². The van der Waals surface area contributed by atoms with Crippen LogP contribution in [0.4, 0.5) is 0 Å². The summed E-state index contributed by atoms with van der Waals surface area (Å²) in [5, 5.41) is 3.33. The normalized spacial score (nSPS) is 15.2. The number of hydrogen-bond donors (Lipinski definition) is 1. The van der Waals surface area contributed by atoms with Crippen LogP contribution in [0.1, 0.15) is 60.3 Å². The molecule has 0 aliphatic heterocycles. The highest BCUT2D eigenvalue weighted by atomic mass is 16.5. The summed E-state index contributed by atoms with van der Waals surface area (Å²) in [4.78, 5) is 14.3. The average molecular weight is 286 g/mol. The van der Waals surface area contributed by atoms with Crippen LogP contribution in [-0.4, -0.2) is 49.2 Å². The Hall–Kier alpha value is -0.610. The molecule has 1 N–H and O–H groups in total. The van der Waals surface area contributed by atoms with Crippen molar-refractivity contribution in [3.8, 4) is 0 Å². The molecule has 1 unspecified atom stereocenters. The molecule has 4 nitrogen and oxygen atoms in total. The standard InChI is InChI=1S/C16H34N2O2/c1-8-12-17-16(5,14(19)20-7)11-10-13-18(6)15(3,4)9-2/h17H,8-13H2,1-7H3. The molecule has 0 heterocycles. The van der Waals surface area contributed by atoms with Gasteiger partial charge < -0.3 is 15.0 Å². The lowest BCUT2D eigenvalue weighted by Crippen LogP contribution is -2.51. The first kappa shape index (κ1) is 19.4. The third kappa shape index (κ3) is 5.80. The Kier molecular flexibility index (Phi) is 8.36. The van der Waals surface area contributed by atoms with Gasteiger partial charge in [-0.05, 0) is 66.6 Å². The van der Waals surface area contributed by atoms with E-state index in [1.54, 1.807) is 0 Å². The third-order valence-electron chi connectivity index (χ3n) is 4.47. The number of ether oxygens (including phenoxy) is 1. The first-order valence-corrected chi connectivity index (χ1v) is 7.78. The minimum absolute atomic E-state index is 0.164. The molecule has 0 saturated heterocycles. The molecule has 0 amide bonds. The van der Waals surface area contributed by atoms with E-state index >= 15 is 0 Å². The molecule has 120 valence electrons.